The highest BCUT2D eigenvalue weighted by Crippen LogP contribution is 2.27. The van der Waals surface area contributed by atoms with Crippen LogP contribution in [-0.2, 0) is 0 Å². The van der Waals surface area contributed by atoms with Gasteiger partial charge < -0.3 is 15.4 Å². The number of hydrogen-bond donors (Lipinski definition) is 2. The van der Waals surface area contributed by atoms with Crippen molar-refractivity contribution in [3.63, 3.8) is 0 Å². The maximum Gasteiger partial charge on any atom is 0.251 e. The molecule has 0 aliphatic carbocycles. The first kappa shape index (κ1) is 16.5. The van der Waals surface area contributed by atoms with Crippen molar-refractivity contribution in [1.29, 1.82) is 0 Å². The van der Waals surface area contributed by atoms with Crippen molar-refractivity contribution >= 4 is 5.91 Å². The number of para-hydroxylation sites is 1. The standard InChI is InChI=1S/C20H24N2O2/c1-20(10-12-21-13-11-20)15-22-19(23)16-6-5-9-18(14-16)24-17-7-3-2-4-8-17/h2-9,14,21H,10-13,15H2,1H3,(H,22,23). The van der Waals surface area contributed by atoms with Crippen LogP contribution in [0.5, 0.6) is 11.5 Å². The molecule has 3 rings (SSSR count). The third kappa shape index (κ3) is 4.36. The van der Waals surface area contributed by atoms with Crippen LogP contribution in [0.1, 0.15) is 30.1 Å². The van der Waals surface area contributed by atoms with E-state index in [0.29, 0.717) is 17.9 Å². The molecular formula is C20H24N2O2. The van der Waals surface area contributed by atoms with E-state index < -0.39 is 0 Å². The van der Waals surface area contributed by atoms with E-state index in [4.69, 9.17) is 4.74 Å². The molecule has 0 bridgehead atoms. The van der Waals surface area contributed by atoms with Gasteiger partial charge in [0.25, 0.3) is 5.91 Å². The Kier molecular flexibility index (Phi) is 5.16. The Hall–Kier alpha value is -2.33. The summed E-state index contributed by atoms with van der Waals surface area (Å²) in [6.07, 6.45) is 2.18. The van der Waals surface area contributed by atoms with Crippen LogP contribution in [0.2, 0.25) is 0 Å². The summed E-state index contributed by atoms with van der Waals surface area (Å²) in [4.78, 5) is 12.5. The quantitative estimate of drug-likeness (QED) is 0.883. The number of ether oxygens (including phenoxy) is 1. The van der Waals surface area contributed by atoms with E-state index in [1.54, 1.807) is 6.07 Å². The Morgan fingerprint density at radius 1 is 1.08 bits per heavy atom. The monoisotopic (exact) mass is 324 g/mol. The van der Waals surface area contributed by atoms with Gasteiger partial charge in [-0.1, -0.05) is 31.2 Å². The summed E-state index contributed by atoms with van der Waals surface area (Å²) in [5.41, 5.74) is 0.806. The van der Waals surface area contributed by atoms with E-state index in [1.165, 1.54) is 0 Å². The number of amides is 1. The summed E-state index contributed by atoms with van der Waals surface area (Å²) in [6, 6.07) is 16.9. The number of benzene rings is 2. The zero-order chi connectivity index (χ0) is 16.8. The average molecular weight is 324 g/mol. The Morgan fingerprint density at radius 3 is 2.54 bits per heavy atom. The molecule has 2 aromatic carbocycles. The largest absolute Gasteiger partial charge is 0.457 e. The normalized spacial score (nSPS) is 16.4. The van der Waals surface area contributed by atoms with Crippen molar-refractivity contribution in [2.75, 3.05) is 19.6 Å². The molecule has 1 aliphatic heterocycles. The van der Waals surface area contributed by atoms with E-state index in [2.05, 4.69) is 17.6 Å². The molecule has 0 unspecified atom stereocenters. The highest BCUT2D eigenvalue weighted by atomic mass is 16.5. The van der Waals surface area contributed by atoms with Crippen molar-refractivity contribution in [2.24, 2.45) is 5.41 Å². The molecule has 0 aromatic heterocycles. The Labute approximate surface area is 143 Å². The van der Waals surface area contributed by atoms with Gasteiger partial charge in [-0.3, -0.25) is 4.79 Å². The van der Waals surface area contributed by atoms with E-state index in [9.17, 15) is 4.79 Å². The molecule has 1 heterocycles. The maximum absolute atomic E-state index is 12.5. The summed E-state index contributed by atoms with van der Waals surface area (Å²) in [5, 5.41) is 6.44. The van der Waals surface area contributed by atoms with Crippen LogP contribution in [0, 0.1) is 5.41 Å². The highest BCUT2D eigenvalue weighted by Gasteiger charge is 2.27. The summed E-state index contributed by atoms with van der Waals surface area (Å²) >= 11 is 0. The SMILES string of the molecule is CC1(CNC(=O)c2cccc(Oc3ccccc3)c2)CCNCC1. The second kappa shape index (κ2) is 7.49. The molecule has 1 aliphatic rings. The van der Waals surface area contributed by atoms with E-state index >= 15 is 0 Å². The Bertz CT molecular complexity index is 679. The van der Waals surface area contributed by atoms with Crippen molar-refractivity contribution in [3.05, 3.63) is 60.2 Å². The lowest BCUT2D eigenvalue weighted by molar-refractivity contribution is 0.0922. The lowest BCUT2D eigenvalue weighted by Gasteiger charge is -2.34. The Balaban J connectivity index is 1.61. The van der Waals surface area contributed by atoms with Gasteiger partial charge in [0, 0.05) is 12.1 Å². The molecule has 0 atom stereocenters. The molecule has 0 saturated carbocycles. The molecule has 0 radical (unpaired) electrons. The molecule has 4 heteroatoms. The smallest absolute Gasteiger partial charge is 0.251 e. The van der Waals surface area contributed by atoms with Crippen LogP contribution >= 0.6 is 0 Å². The molecule has 4 nitrogen and oxygen atoms in total. The van der Waals surface area contributed by atoms with E-state index in [1.807, 2.05) is 48.5 Å². The van der Waals surface area contributed by atoms with Crippen LogP contribution < -0.4 is 15.4 Å². The van der Waals surface area contributed by atoms with Crippen LogP contribution in [0.3, 0.4) is 0 Å². The molecule has 126 valence electrons. The minimum Gasteiger partial charge on any atom is -0.457 e. The van der Waals surface area contributed by atoms with Gasteiger partial charge in [0.15, 0.2) is 0 Å². The summed E-state index contributed by atoms with van der Waals surface area (Å²) in [5.74, 6) is 1.38. The Morgan fingerprint density at radius 2 is 1.79 bits per heavy atom. The van der Waals surface area contributed by atoms with E-state index in [0.717, 1.165) is 31.7 Å². The van der Waals surface area contributed by atoms with Gasteiger partial charge in [-0.2, -0.15) is 0 Å². The summed E-state index contributed by atoms with van der Waals surface area (Å²) in [7, 11) is 0. The molecule has 2 aromatic rings. The fourth-order valence-electron chi connectivity index (χ4n) is 2.93. The van der Waals surface area contributed by atoms with Gasteiger partial charge in [0.1, 0.15) is 11.5 Å². The first-order valence-corrected chi connectivity index (χ1v) is 8.47. The minimum absolute atomic E-state index is 0.0479. The maximum atomic E-state index is 12.5. The lowest BCUT2D eigenvalue weighted by atomic mass is 9.81. The van der Waals surface area contributed by atoms with Crippen LogP contribution in [0.15, 0.2) is 54.6 Å². The topological polar surface area (TPSA) is 50.4 Å². The average Bonchev–Trinajstić information content (AvgIpc) is 2.61. The molecule has 1 saturated heterocycles. The third-order valence-electron chi connectivity index (χ3n) is 4.56. The molecule has 24 heavy (non-hydrogen) atoms. The number of carbonyl (C=O) groups excluding carboxylic acids is 1. The third-order valence-corrected chi connectivity index (χ3v) is 4.56. The predicted octanol–water partition coefficient (Wildman–Crippen LogP) is 3.60. The fraction of sp³-hybridized carbons (Fsp3) is 0.350. The van der Waals surface area contributed by atoms with Crippen molar-refractivity contribution < 1.29 is 9.53 Å². The second-order valence-corrected chi connectivity index (χ2v) is 6.69. The van der Waals surface area contributed by atoms with Crippen LogP contribution in [0.25, 0.3) is 0 Å². The minimum atomic E-state index is -0.0479. The number of nitrogens with one attached hydrogen (secondary N) is 2. The number of piperidine rings is 1. The summed E-state index contributed by atoms with van der Waals surface area (Å²) < 4.78 is 5.80. The predicted molar refractivity (Wildman–Crippen MR) is 95.5 cm³/mol. The summed E-state index contributed by atoms with van der Waals surface area (Å²) in [6.45, 7) is 4.99. The highest BCUT2D eigenvalue weighted by molar-refractivity contribution is 5.94. The van der Waals surface area contributed by atoms with Crippen molar-refractivity contribution in [2.45, 2.75) is 19.8 Å². The first-order chi connectivity index (χ1) is 11.6. The number of rotatable bonds is 5. The van der Waals surface area contributed by atoms with Gasteiger partial charge in [-0.25, -0.2) is 0 Å². The second-order valence-electron chi connectivity index (χ2n) is 6.69. The zero-order valence-corrected chi connectivity index (χ0v) is 14.0. The van der Waals surface area contributed by atoms with Crippen LogP contribution in [-0.4, -0.2) is 25.5 Å². The molecule has 2 N–H and O–H groups in total. The first-order valence-electron chi connectivity index (χ1n) is 8.47. The molecular weight excluding hydrogens is 300 g/mol. The van der Waals surface area contributed by atoms with Gasteiger partial charge >= 0.3 is 0 Å². The number of carbonyl (C=O) groups is 1. The fourth-order valence-corrected chi connectivity index (χ4v) is 2.93. The van der Waals surface area contributed by atoms with E-state index in [-0.39, 0.29) is 11.3 Å². The van der Waals surface area contributed by atoms with Gasteiger partial charge in [-0.05, 0) is 61.7 Å². The lowest BCUT2D eigenvalue weighted by Crippen LogP contribution is -2.42. The molecule has 1 fully saturated rings. The number of hydrogen-bond acceptors (Lipinski definition) is 3. The zero-order valence-electron chi connectivity index (χ0n) is 14.0. The molecule has 0 spiro atoms. The molecule has 1 amide bonds. The van der Waals surface area contributed by atoms with Crippen molar-refractivity contribution in [3.8, 4) is 11.5 Å². The van der Waals surface area contributed by atoms with Gasteiger partial charge in [0.2, 0.25) is 0 Å². The van der Waals surface area contributed by atoms with Crippen molar-refractivity contribution in [1.82, 2.24) is 10.6 Å². The van der Waals surface area contributed by atoms with Gasteiger partial charge in [-0.15, -0.1) is 0 Å². The van der Waals surface area contributed by atoms with Crippen LogP contribution in [0.4, 0.5) is 0 Å². The van der Waals surface area contributed by atoms with Gasteiger partial charge in [0.05, 0.1) is 0 Å².